The Morgan fingerprint density at radius 2 is 1.90 bits per heavy atom. The number of carbonyl (C=O) groups is 1. The average Bonchev–Trinajstić information content (AvgIpc) is 3.20. The Morgan fingerprint density at radius 3 is 2.58 bits per heavy atom. The third kappa shape index (κ3) is 4.81. The van der Waals surface area contributed by atoms with Crippen molar-refractivity contribution in [2.45, 2.75) is 50.3 Å². The van der Waals surface area contributed by atoms with Gasteiger partial charge in [0.1, 0.15) is 11.5 Å². The molecule has 1 fully saturated rings. The van der Waals surface area contributed by atoms with Gasteiger partial charge in [-0.2, -0.15) is 5.10 Å². The highest BCUT2D eigenvalue weighted by atomic mass is 35.5. The Balaban J connectivity index is 1.62. The summed E-state index contributed by atoms with van der Waals surface area (Å²) in [5.74, 6) is 0.500. The number of aliphatic hydroxyl groups excluding tert-OH is 1. The minimum atomic E-state index is -0.515. The van der Waals surface area contributed by atoms with Crippen molar-refractivity contribution < 1.29 is 14.6 Å². The van der Waals surface area contributed by atoms with Crippen LogP contribution in [0, 0.1) is 0 Å². The molecule has 2 N–H and O–H groups in total. The van der Waals surface area contributed by atoms with Crippen LogP contribution in [0.15, 0.2) is 47.6 Å². The molecule has 2 aliphatic rings. The van der Waals surface area contributed by atoms with E-state index < -0.39 is 6.10 Å². The molecule has 1 amide bonds. The summed E-state index contributed by atoms with van der Waals surface area (Å²) in [5, 5.41) is 20.6. The number of carbonyl (C=O) groups excluding carboxylic acids is 1. The second-order valence-electron chi connectivity index (χ2n) is 7.91. The number of nitrogens with one attached hydrogen (secondary N) is 1. The van der Waals surface area contributed by atoms with Crippen LogP contribution >= 0.6 is 23.2 Å². The average molecular weight is 462 g/mol. The third-order valence-electron chi connectivity index (χ3n) is 5.88. The number of methoxy groups -OCH3 is 1. The lowest BCUT2D eigenvalue weighted by atomic mass is 9.92. The van der Waals surface area contributed by atoms with Crippen LogP contribution in [-0.2, 0) is 4.79 Å². The predicted octanol–water partition coefficient (Wildman–Crippen LogP) is 4.73. The molecule has 1 unspecified atom stereocenters. The molecule has 4 rings (SSSR count). The van der Waals surface area contributed by atoms with Crippen molar-refractivity contribution in [3.8, 4) is 5.75 Å². The van der Waals surface area contributed by atoms with E-state index in [-0.39, 0.29) is 18.0 Å². The fraction of sp³-hybridized carbons (Fsp3) is 0.391. The number of hydrazone groups is 1. The molecule has 1 aliphatic carbocycles. The third-order valence-corrected chi connectivity index (χ3v) is 6.41. The molecule has 1 aliphatic heterocycles. The van der Waals surface area contributed by atoms with Crippen molar-refractivity contribution >= 4 is 40.5 Å². The lowest BCUT2D eigenvalue weighted by Crippen LogP contribution is -2.47. The van der Waals surface area contributed by atoms with E-state index in [9.17, 15) is 9.90 Å². The molecule has 3 atom stereocenters. The summed E-state index contributed by atoms with van der Waals surface area (Å²) in [5.41, 5.74) is 2.06. The van der Waals surface area contributed by atoms with E-state index in [1.54, 1.807) is 30.3 Å². The molecule has 0 aromatic heterocycles. The molecule has 1 heterocycles. The van der Waals surface area contributed by atoms with Gasteiger partial charge in [0, 0.05) is 11.4 Å². The summed E-state index contributed by atoms with van der Waals surface area (Å²) in [6.45, 7) is 0. The molecule has 164 valence electrons. The fourth-order valence-electron chi connectivity index (χ4n) is 4.15. The number of hydrogen-bond donors (Lipinski definition) is 2. The number of aliphatic hydroxyl groups is 1. The molecule has 0 saturated heterocycles. The highest BCUT2D eigenvalue weighted by molar-refractivity contribution is 6.40. The maximum absolute atomic E-state index is 13.0. The number of anilines is 1. The summed E-state index contributed by atoms with van der Waals surface area (Å²) in [4.78, 5) is 13.0. The first-order valence-electron chi connectivity index (χ1n) is 10.4. The Morgan fingerprint density at radius 1 is 1.16 bits per heavy atom. The summed E-state index contributed by atoms with van der Waals surface area (Å²) in [6, 6.07) is 12.5. The van der Waals surface area contributed by atoms with Crippen molar-refractivity contribution in [1.29, 1.82) is 0 Å². The fourth-order valence-corrected chi connectivity index (χ4v) is 4.65. The van der Waals surface area contributed by atoms with Gasteiger partial charge in [0.2, 0.25) is 0 Å². The zero-order chi connectivity index (χ0) is 22.0. The number of benzene rings is 2. The van der Waals surface area contributed by atoms with Gasteiger partial charge in [-0.3, -0.25) is 9.80 Å². The highest BCUT2D eigenvalue weighted by Gasteiger charge is 2.35. The lowest BCUT2D eigenvalue weighted by molar-refractivity contribution is -0.116. The van der Waals surface area contributed by atoms with Gasteiger partial charge in [0.15, 0.2) is 0 Å². The molecule has 0 radical (unpaired) electrons. The van der Waals surface area contributed by atoms with Crippen molar-refractivity contribution in [2.75, 3.05) is 12.1 Å². The molecule has 8 heteroatoms. The zero-order valence-corrected chi connectivity index (χ0v) is 18.7. The summed E-state index contributed by atoms with van der Waals surface area (Å²) >= 11 is 12.5. The topological polar surface area (TPSA) is 74.2 Å². The van der Waals surface area contributed by atoms with Gasteiger partial charge in [-0.05, 0) is 48.7 Å². The SMILES string of the molecule is COc1ccc(C2CC(C(=O)N[C@H]3CCCC[C@@H]3O)=NN2c2ccc(Cl)cc2Cl)cc1. The van der Waals surface area contributed by atoms with Gasteiger partial charge in [-0.15, -0.1) is 0 Å². The van der Waals surface area contributed by atoms with Crippen molar-refractivity contribution in [3.05, 3.63) is 58.1 Å². The predicted molar refractivity (Wildman–Crippen MR) is 123 cm³/mol. The Hall–Kier alpha value is -2.28. The quantitative estimate of drug-likeness (QED) is 0.674. The first-order valence-corrected chi connectivity index (χ1v) is 11.2. The van der Waals surface area contributed by atoms with Crippen LogP contribution in [-0.4, -0.2) is 36.0 Å². The summed E-state index contributed by atoms with van der Waals surface area (Å²) < 4.78 is 5.26. The van der Waals surface area contributed by atoms with E-state index in [1.165, 1.54) is 0 Å². The molecular formula is C23H25Cl2N3O3. The molecular weight excluding hydrogens is 437 g/mol. The standard InChI is InChI=1S/C23H25Cl2N3O3/c1-31-16-9-6-14(7-10-16)21-13-19(23(30)26-18-4-2-3-5-22(18)29)27-28(21)20-11-8-15(24)12-17(20)25/h6-12,18,21-22,29H,2-5,13H2,1H3,(H,26,30)/t18-,21?,22-/m0/s1. The van der Waals surface area contributed by atoms with E-state index in [0.717, 1.165) is 30.6 Å². The molecule has 0 bridgehead atoms. The molecule has 6 nitrogen and oxygen atoms in total. The minimum absolute atomic E-state index is 0.207. The second-order valence-corrected chi connectivity index (χ2v) is 8.76. The van der Waals surface area contributed by atoms with E-state index in [2.05, 4.69) is 10.4 Å². The van der Waals surface area contributed by atoms with Crippen LogP contribution in [0.4, 0.5) is 5.69 Å². The lowest BCUT2D eigenvalue weighted by Gasteiger charge is -2.28. The van der Waals surface area contributed by atoms with Crippen molar-refractivity contribution in [2.24, 2.45) is 5.10 Å². The van der Waals surface area contributed by atoms with E-state index >= 15 is 0 Å². The first-order chi connectivity index (χ1) is 15.0. The van der Waals surface area contributed by atoms with Gasteiger partial charge in [0.25, 0.3) is 5.91 Å². The Kier molecular flexibility index (Phi) is 6.70. The number of amides is 1. The van der Waals surface area contributed by atoms with Crippen molar-refractivity contribution in [3.63, 3.8) is 0 Å². The van der Waals surface area contributed by atoms with E-state index in [1.807, 2.05) is 24.3 Å². The minimum Gasteiger partial charge on any atom is -0.497 e. The van der Waals surface area contributed by atoms with Crippen LogP contribution in [0.1, 0.15) is 43.7 Å². The second kappa shape index (κ2) is 9.47. The smallest absolute Gasteiger partial charge is 0.267 e. The Bertz CT molecular complexity index is 981. The zero-order valence-electron chi connectivity index (χ0n) is 17.2. The van der Waals surface area contributed by atoms with Gasteiger partial charge >= 0.3 is 0 Å². The normalized spacial score (nSPS) is 23.4. The van der Waals surface area contributed by atoms with Crippen LogP contribution in [0.25, 0.3) is 0 Å². The first kappa shape index (κ1) is 21.9. The van der Waals surface area contributed by atoms with Gasteiger partial charge < -0.3 is 15.2 Å². The summed E-state index contributed by atoms with van der Waals surface area (Å²) in [7, 11) is 1.62. The molecule has 2 aromatic rings. The molecule has 0 spiro atoms. The van der Waals surface area contributed by atoms with Crippen LogP contribution < -0.4 is 15.1 Å². The number of rotatable bonds is 5. The number of nitrogens with zero attached hydrogens (tertiary/aromatic N) is 2. The van der Waals surface area contributed by atoms with Gasteiger partial charge in [-0.25, -0.2) is 0 Å². The van der Waals surface area contributed by atoms with Crippen LogP contribution in [0.3, 0.4) is 0 Å². The summed E-state index contributed by atoms with van der Waals surface area (Å²) in [6.07, 6.45) is 3.36. The number of hydrogen-bond acceptors (Lipinski definition) is 5. The highest BCUT2D eigenvalue weighted by Crippen LogP contribution is 2.40. The molecule has 2 aromatic carbocycles. The molecule has 31 heavy (non-hydrogen) atoms. The molecule has 1 saturated carbocycles. The van der Waals surface area contributed by atoms with E-state index in [4.69, 9.17) is 27.9 Å². The number of halogens is 2. The van der Waals surface area contributed by atoms with Gasteiger partial charge in [-0.1, -0.05) is 48.2 Å². The van der Waals surface area contributed by atoms with E-state index in [0.29, 0.717) is 34.3 Å². The number of ether oxygens (including phenoxy) is 1. The Labute approximate surface area is 191 Å². The van der Waals surface area contributed by atoms with Gasteiger partial charge in [0.05, 0.1) is 36.0 Å². The monoisotopic (exact) mass is 461 g/mol. The maximum Gasteiger partial charge on any atom is 0.267 e. The maximum atomic E-state index is 13.0. The largest absolute Gasteiger partial charge is 0.497 e. The van der Waals surface area contributed by atoms with Crippen LogP contribution in [0.2, 0.25) is 10.0 Å². The van der Waals surface area contributed by atoms with Crippen LogP contribution in [0.5, 0.6) is 5.75 Å². The van der Waals surface area contributed by atoms with Crippen molar-refractivity contribution in [1.82, 2.24) is 5.32 Å².